The molecule has 1 fully saturated rings. The lowest BCUT2D eigenvalue weighted by atomic mass is 10.1. The Balaban J connectivity index is 1.40. The van der Waals surface area contributed by atoms with E-state index in [1.807, 2.05) is 11.1 Å². The fourth-order valence-corrected chi connectivity index (χ4v) is 2.78. The average Bonchev–Trinajstić information content (AvgIpc) is 3.07. The second kappa shape index (κ2) is 6.09. The van der Waals surface area contributed by atoms with Crippen molar-refractivity contribution < 1.29 is 4.79 Å². The summed E-state index contributed by atoms with van der Waals surface area (Å²) in [5, 5.41) is 4.71. The van der Waals surface area contributed by atoms with E-state index >= 15 is 0 Å². The van der Waals surface area contributed by atoms with Crippen molar-refractivity contribution in [3.63, 3.8) is 0 Å². The van der Waals surface area contributed by atoms with Gasteiger partial charge in [-0.1, -0.05) is 6.07 Å². The Morgan fingerprint density at radius 1 is 1.30 bits per heavy atom. The molecule has 1 amide bonds. The maximum atomic E-state index is 11.5. The summed E-state index contributed by atoms with van der Waals surface area (Å²) in [4.78, 5) is 16.6. The molecule has 0 unspecified atom stereocenters. The summed E-state index contributed by atoms with van der Waals surface area (Å²) in [7, 11) is 0. The fraction of sp³-hybridized carbons (Fsp3) is 0.438. The minimum atomic E-state index is 0.322. The van der Waals surface area contributed by atoms with Crippen LogP contribution in [0.4, 0.5) is 0 Å². The Morgan fingerprint density at radius 3 is 3.10 bits per heavy atom. The predicted molar refractivity (Wildman–Crippen MR) is 80.4 cm³/mol. The standard InChI is InChI=1S/C16H21N3O/c20-16-3-1-9-19(16)10-2-7-17-12-13-4-5-15-14(11-13)6-8-18-15/h4-6,8,11,17-18H,1-3,7,9-10,12H2. The molecule has 1 aliphatic rings. The zero-order valence-electron chi connectivity index (χ0n) is 11.7. The number of benzene rings is 1. The molecule has 106 valence electrons. The quantitative estimate of drug-likeness (QED) is 0.792. The van der Waals surface area contributed by atoms with Crippen LogP contribution in [0, 0.1) is 0 Å². The van der Waals surface area contributed by atoms with Crippen LogP contribution in [0.1, 0.15) is 24.8 Å². The Labute approximate surface area is 119 Å². The number of aromatic nitrogens is 1. The number of aromatic amines is 1. The summed E-state index contributed by atoms with van der Waals surface area (Å²) in [6.07, 6.45) is 4.76. The van der Waals surface area contributed by atoms with Crippen molar-refractivity contribution in [2.24, 2.45) is 0 Å². The predicted octanol–water partition coefficient (Wildman–Crippen LogP) is 2.27. The van der Waals surface area contributed by atoms with Gasteiger partial charge in [0.1, 0.15) is 0 Å². The Morgan fingerprint density at radius 2 is 2.25 bits per heavy atom. The third kappa shape index (κ3) is 3.02. The van der Waals surface area contributed by atoms with Crippen LogP contribution in [0.3, 0.4) is 0 Å². The summed E-state index contributed by atoms with van der Waals surface area (Å²) >= 11 is 0. The van der Waals surface area contributed by atoms with Crippen molar-refractivity contribution in [2.75, 3.05) is 19.6 Å². The van der Waals surface area contributed by atoms with E-state index in [9.17, 15) is 4.79 Å². The topological polar surface area (TPSA) is 48.1 Å². The number of amides is 1. The number of nitrogens with zero attached hydrogens (tertiary/aromatic N) is 1. The van der Waals surface area contributed by atoms with Gasteiger partial charge in [0, 0.05) is 37.8 Å². The third-order valence-corrected chi connectivity index (χ3v) is 3.90. The first-order valence-electron chi connectivity index (χ1n) is 7.37. The number of carbonyl (C=O) groups is 1. The molecule has 4 nitrogen and oxygen atoms in total. The summed E-state index contributed by atoms with van der Waals surface area (Å²) in [6.45, 7) is 3.68. The van der Waals surface area contributed by atoms with Gasteiger partial charge in [-0.15, -0.1) is 0 Å². The first-order chi connectivity index (χ1) is 9.83. The molecule has 1 aromatic heterocycles. The number of likely N-dealkylation sites (tertiary alicyclic amines) is 1. The lowest BCUT2D eigenvalue weighted by Crippen LogP contribution is -2.28. The number of hydrogen-bond donors (Lipinski definition) is 2. The van der Waals surface area contributed by atoms with E-state index in [4.69, 9.17) is 0 Å². The second-order valence-electron chi connectivity index (χ2n) is 5.41. The zero-order chi connectivity index (χ0) is 13.8. The van der Waals surface area contributed by atoms with Gasteiger partial charge in [-0.05, 0) is 48.5 Å². The molecule has 1 aromatic carbocycles. The molecule has 2 aromatic rings. The maximum Gasteiger partial charge on any atom is 0.222 e. The van der Waals surface area contributed by atoms with Crippen molar-refractivity contribution in [2.45, 2.75) is 25.8 Å². The lowest BCUT2D eigenvalue weighted by molar-refractivity contribution is -0.127. The molecule has 0 aliphatic carbocycles. The molecule has 3 rings (SSSR count). The molecule has 0 radical (unpaired) electrons. The number of carbonyl (C=O) groups excluding carboxylic acids is 1. The summed E-state index contributed by atoms with van der Waals surface area (Å²) < 4.78 is 0. The lowest BCUT2D eigenvalue weighted by Gasteiger charge is -2.15. The van der Waals surface area contributed by atoms with Crippen LogP contribution in [0.5, 0.6) is 0 Å². The molecule has 0 saturated carbocycles. The number of nitrogens with one attached hydrogen (secondary N) is 2. The van der Waals surface area contributed by atoms with E-state index in [1.165, 1.54) is 16.5 Å². The monoisotopic (exact) mass is 271 g/mol. The van der Waals surface area contributed by atoms with Gasteiger partial charge >= 0.3 is 0 Å². The smallest absolute Gasteiger partial charge is 0.222 e. The Bertz CT molecular complexity index is 590. The molecular weight excluding hydrogens is 250 g/mol. The van der Waals surface area contributed by atoms with E-state index in [-0.39, 0.29) is 0 Å². The largest absolute Gasteiger partial charge is 0.361 e. The first kappa shape index (κ1) is 13.2. The van der Waals surface area contributed by atoms with E-state index in [2.05, 4.69) is 34.6 Å². The first-order valence-corrected chi connectivity index (χ1v) is 7.37. The van der Waals surface area contributed by atoms with Crippen LogP contribution in [0.25, 0.3) is 10.9 Å². The van der Waals surface area contributed by atoms with E-state index < -0.39 is 0 Å². The van der Waals surface area contributed by atoms with E-state index in [1.54, 1.807) is 0 Å². The van der Waals surface area contributed by atoms with Crippen molar-refractivity contribution >= 4 is 16.8 Å². The summed E-state index contributed by atoms with van der Waals surface area (Å²) in [5.41, 5.74) is 2.48. The molecule has 0 atom stereocenters. The Hall–Kier alpha value is -1.81. The van der Waals surface area contributed by atoms with Gasteiger partial charge in [0.2, 0.25) is 5.91 Å². The van der Waals surface area contributed by atoms with Crippen LogP contribution in [0.15, 0.2) is 30.5 Å². The summed E-state index contributed by atoms with van der Waals surface area (Å²) in [6, 6.07) is 8.58. The number of rotatable bonds is 6. The molecule has 1 saturated heterocycles. The van der Waals surface area contributed by atoms with Crippen LogP contribution in [0.2, 0.25) is 0 Å². The second-order valence-corrected chi connectivity index (χ2v) is 5.41. The minimum Gasteiger partial charge on any atom is -0.361 e. The molecular formula is C16H21N3O. The number of H-pyrrole nitrogens is 1. The molecule has 2 heterocycles. The van der Waals surface area contributed by atoms with Crippen LogP contribution in [-0.2, 0) is 11.3 Å². The summed E-state index contributed by atoms with van der Waals surface area (Å²) in [5.74, 6) is 0.322. The van der Waals surface area contributed by atoms with Gasteiger partial charge in [0.05, 0.1) is 0 Å². The molecule has 0 spiro atoms. The van der Waals surface area contributed by atoms with Crippen molar-refractivity contribution in [3.05, 3.63) is 36.0 Å². The highest BCUT2D eigenvalue weighted by molar-refractivity contribution is 5.80. The van der Waals surface area contributed by atoms with Crippen LogP contribution >= 0.6 is 0 Å². The van der Waals surface area contributed by atoms with Gasteiger partial charge in [0.25, 0.3) is 0 Å². The molecule has 2 N–H and O–H groups in total. The highest BCUT2D eigenvalue weighted by Crippen LogP contribution is 2.14. The van der Waals surface area contributed by atoms with Gasteiger partial charge in [-0.25, -0.2) is 0 Å². The highest BCUT2D eigenvalue weighted by atomic mass is 16.2. The van der Waals surface area contributed by atoms with Crippen LogP contribution in [-0.4, -0.2) is 35.4 Å². The third-order valence-electron chi connectivity index (χ3n) is 3.90. The molecule has 1 aliphatic heterocycles. The van der Waals surface area contributed by atoms with Gasteiger partial charge in [-0.2, -0.15) is 0 Å². The number of fused-ring (bicyclic) bond motifs is 1. The Kier molecular flexibility index (Phi) is 4.02. The van der Waals surface area contributed by atoms with E-state index in [0.29, 0.717) is 5.91 Å². The van der Waals surface area contributed by atoms with Gasteiger partial charge in [-0.3, -0.25) is 4.79 Å². The van der Waals surface area contributed by atoms with Crippen LogP contribution < -0.4 is 5.32 Å². The zero-order valence-corrected chi connectivity index (χ0v) is 11.7. The molecule has 0 bridgehead atoms. The van der Waals surface area contributed by atoms with Crippen molar-refractivity contribution in [3.8, 4) is 0 Å². The van der Waals surface area contributed by atoms with Crippen molar-refractivity contribution in [1.29, 1.82) is 0 Å². The van der Waals surface area contributed by atoms with Gasteiger partial charge < -0.3 is 15.2 Å². The van der Waals surface area contributed by atoms with Gasteiger partial charge in [0.15, 0.2) is 0 Å². The minimum absolute atomic E-state index is 0.322. The normalized spacial score (nSPS) is 15.4. The average molecular weight is 271 g/mol. The maximum absolute atomic E-state index is 11.5. The number of hydrogen-bond acceptors (Lipinski definition) is 2. The molecule has 20 heavy (non-hydrogen) atoms. The van der Waals surface area contributed by atoms with Crippen molar-refractivity contribution in [1.82, 2.24) is 15.2 Å². The fourth-order valence-electron chi connectivity index (χ4n) is 2.78. The molecule has 4 heteroatoms. The highest BCUT2D eigenvalue weighted by Gasteiger charge is 2.18. The SMILES string of the molecule is O=C1CCCN1CCCNCc1ccc2[nH]ccc2c1. The van der Waals surface area contributed by atoms with E-state index in [0.717, 1.165) is 45.4 Å².